The van der Waals surface area contributed by atoms with Gasteiger partial charge in [-0.05, 0) is 17.7 Å². The van der Waals surface area contributed by atoms with Gasteiger partial charge in [0.15, 0.2) is 6.10 Å². The smallest absolute Gasteiger partial charge is 0.264 e. The summed E-state index contributed by atoms with van der Waals surface area (Å²) in [6.45, 7) is 1.41. The minimum Gasteiger partial charge on any atom is -0.480 e. The number of carbonyl (C=O) groups excluding carboxylic acids is 1. The van der Waals surface area contributed by atoms with Gasteiger partial charge in [-0.3, -0.25) is 4.79 Å². The number of hydrogen-bond acceptors (Lipinski definition) is 2. The van der Waals surface area contributed by atoms with Gasteiger partial charge in [0.1, 0.15) is 5.75 Å². The Kier molecular flexibility index (Phi) is 2.92. The van der Waals surface area contributed by atoms with E-state index in [0.717, 1.165) is 29.8 Å². The van der Waals surface area contributed by atoms with Crippen LogP contribution >= 0.6 is 0 Å². The first-order valence-electron chi connectivity index (χ1n) is 8.41. The van der Waals surface area contributed by atoms with Crippen LogP contribution in [0.4, 0.5) is 0 Å². The van der Waals surface area contributed by atoms with Gasteiger partial charge < -0.3 is 14.6 Å². The number of aromatic nitrogens is 1. The molecule has 0 saturated carbocycles. The number of hydrogen-bond donors (Lipinski definition) is 1. The van der Waals surface area contributed by atoms with Crippen molar-refractivity contribution in [1.29, 1.82) is 0 Å². The van der Waals surface area contributed by atoms with Crippen LogP contribution in [0.1, 0.15) is 16.8 Å². The lowest BCUT2D eigenvalue weighted by atomic mass is 10.0. The average molecular weight is 318 g/mol. The zero-order chi connectivity index (χ0) is 16.1. The molecule has 0 spiro atoms. The predicted molar refractivity (Wildman–Crippen MR) is 92.0 cm³/mol. The highest BCUT2D eigenvalue weighted by atomic mass is 16.5. The summed E-state index contributed by atoms with van der Waals surface area (Å²) in [5.41, 5.74) is 4.79. The van der Waals surface area contributed by atoms with Crippen molar-refractivity contribution in [2.45, 2.75) is 25.5 Å². The lowest BCUT2D eigenvalue weighted by Gasteiger charge is -2.29. The van der Waals surface area contributed by atoms with Crippen molar-refractivity contribution >= 4 is 16.8 Å². The molecule has 1 unspecified atom stereocenters. The molecule has 3 aromatic rings. The number of carbonyl (C=O) groups is 1. The van der Waals surface area contributed by atoms with E-state index in [1.54, 1.807) is 0 Å². The van der Waals surface area contributed by atoms with Gasteiger partial charge in [0.25, 0.3) is 5.91 Å². The first-order chi connectivity index (χ1) is 11.8. The van der Waals surface area contributed by atoms with E-state index in [2.05, 4.69) is 17.1 Å². The van der Waals surface area contributed by atoms with Gasteiger partial charge in [-0.2, -0.15) is 0 Å². The first-order valence-corrected chi connectivity index (χ1v) is 8.41. The molecule has 0 radical (unpaired) electrons. The van der Waals surface area contributed by atoms with Crippen molar-refractivity contribution in [2.24, 2.45) is 0 Å². The normalized spacial score (nSPS) is 19.0. The fourth-order valence-electron chi connectivity index (χ4n) is 3.88. The summed E-state index contributed by atoms with van der Waals surface area (Å²) < 4.78 is 5.88. The van der Waals surface area contributed by atoms with Gasteiger partial charge in [-0.25, -0.2) is 0 Å². The minimum absolute atomic E-state index is 0.0992. The molecule has 0 bridgehead atoms. The molecule has 1 atom stereocenters. The quantitative estimate of drug-likeness (QED) is 0.749. The zero-order valence-electron chi connectivity index (χ0n) is 13.3. The molecule has 3 heterocycles. The van der Waals surface area contributed by atoms with Crippen LogP contribution in [-0.2, 0) is 24.2 Å². The zero-order valence-corrected chi connectivity index (χ0v) is 13.3. The lowest BCUT2D eigenvalue weighted by Crippen LogP contribution is -2.43. The Bertz CT molecular complexity index is 919. The van der Waals surface area contributed by atoms with Gasteiger partial charge in [-0.15, -0.1) is 0 Å². The largest absolute Gasteiger partial charge is 0.480 e. The Hall–Kier alpha value is -2.75. The second kappa shape index (κ2) is 5.13. The maximum atomic E-state index is 12.9. The highest BCUT2D eigenvalue weighted by molar-refractivity contribution is 5.87. The molecule has 0 aliphatic carbocycles. The molecule has 1 amide bonds. The SMILES string of the molecule is O=C(C1Cc2ccccc2O1)N1CCc2[nH]c3ccccc3c2C1. The molecule has 4 nitrogen and oxygen atoms in total. The average Bonchev–Trinajstić information content (AvgIpc) is 3.21. The molecule has 1 aromatic heterocycles. The number of aromatic amines is 1. The molecular weight excluding hydrogens is 300 g/mol. The molecule has 2 aliphatic heterocycles. The van der Waals surface area contributed by atoms with Crippen molar-refractivity contribution in [3.05, 3.63) is 65.4 Å². The summed E-state index contributed by atoms with van der Waals surface area (Å²) in [4.78, 5) is 18.4. The van der Waals surface area contributed by atoms with Crippen LogP contribution < -0.4 is 4.74 Å². The number of benzene rings is 2. The number of para-hydroxylation sites is 2. The van der Waals surface area contributed by atoms with Crippen molar-refractivity contribution in [3.8, 4) is 5.75 Å². The van der Waals surface area contributed by atoms with Gasteiger partial charge in [-0.1, -0.05) is 36.4 Å². The molecular formula is C20H18N2O2. The molecule has 5 rings (SSSR count). The van der Waals surface area contributed by atoms with Crippen LogP contribution in [-0.4, -0.2) is 28.4 Å². The highest BCUT2D eigenvalue weighted by Gasteiger charge is 2.34. The number of nitrogens with zero attached hydrogens (tertiary/aromatic N) is 1. The summed E-state index contributed by atoms with van der Waals surface area (Å²) in [6, 6.07) is 16.2. The lowest BCUT2D eigenvalue weighted by molar-refractivity contribution is -0.138. The van der Waals surface area contributed by atoms with Crippen molar-refractivity contribution in [3.63, 3.8) is 0 Å². The van der Waals surface area contributed by atoms with Gasteiger partial charge >= 0.3 is 0 Å². The maximum Gasteiger partial charge on any atom is 0.264 e. The number of rotatable bonds is 1. The molecule has 2 aliphatic rings. The molecule has 1 N–H and O–H groups in total. The summed E-state index contributed by atoms with van der Waals surface area (Å²) in [7, 11) is 0. The van der Waals surface area contributed by atoms with Gasteiger partial charge in [0, 0.05) is 48.1 Å². The Morgan fingerprint density at radius 2 is 1.96 bits per heavy atom. The molecule has 120 valence electrons. The number of ether oxygens (including phenoxy) is 1. The van der Waals surface area contributed by atoms with E-state index in [-0.39, 0.29) is 12.0 Å². The summed E-state index contributed by atoms with van der Waals surface area (Å²) in [6.07, 6.45) is 1.16. The Morgan fingerprint density at radius 1 is 1.12 bits per heavy atom. The minimum atomic E-state index is -0.380. The van der Waals surface area contributed by atoms with Crippen molar-refractivity contribution < 1.29 is 9.53 Å². The van der Waals surface area contributed by atoms with Crippen LogP contribution in [0.15, 0.2) is 48.5 Å². The van der Waals surface area contributed by atoms with E-state index in [4.69, 9.17) is 4.74 Å². The molecule has 4 heteroatoms. The second-order valence-corrected chi connectivity index (χ2v) is 6.56. The standard InChI is InChI=1S/C20H18N2O2/c23-20(19-11-13-5-1-4-8-18(13)24-19)22-10-9-17-15(12-22)14-6-2-3-7-16(14)21-17/h1-8,19,21H,9-12H2. The van der Waals surface area contributed by atoms with E-state index in [1.165, 1.54) is 16.6 Å². The first kappa shape index (κ1) is 13.7. The summed E-state index contributed by atoms with van der Waals surface area (Å²) >= 11 is 0. The molecule has 0 fully saturated rings. The third kappa shape index (κ3) is 2.03. The van der Waals surface area contributed by atoms with Crippen molar-refractivity contribution in [1.82, 2.24) is 9.88 Å². The number of H-pyrrole nitrogens is 1. The summed E-state index contributed by atoms with van der Waals surface area (Å²) in [5, 5.41) is 1.22. The Balaban J connectivity index is 1.40. The van der Waals surface area contributed by atoms with Crippen molar-refractivity contribution in [2.75, 3.05) is 6.54 Å². The van der Waals surface area contributed by atoms with Gasteiger partial charge in [0.05, 0.1) is 0 Å². The van der Waals surface area contributed by atoms with E-state index < -0.39 is 0 Å². The highest BCUT2D eigenvalue weighted by Crippen LogP contribution is 2.31. The van der Waals surface area contributed by atoms with Crippen LogP contribution in [0.5, 0.6) is 5.75 Å². The van der Waals surface area contributed by atoms with E-state index in [1.807, 2.05) is 41.3 Å². The second-order valence-electron chi connectivity index (χ2n) is 6.56. The fraction of sp³-hybridized carbons (Fsp3) is 0.250. The third-order valence-electron chi connectivity index (χ3n) is 5.12. The van der Waals surface area contributed by atoms with Crippen LogP contribution in [0.2, 0.25) is 0 Å². The molecule has 2 aromatic carbocycles. The molecule has 24 heavy (non-hydrogen) atoms. The molecule has 0 saturated heterocycles. The monoisotopic (exact) mass is 318 g/mol. The number of fused-ring (bicyclic) bond motifs is 4. The van der Waals surface area contributed by atoms with E-state index >= 15 is 0 Å². The summed E-state index contributed by atoms with van der Waals surface area (Å²) in [5.74, 6) is 0.947. The van der Waals surface area contributed by atoms with E-state index in [9.17, 15) is 4.79 Å². The van der Waals surface area contributed by atoms with Gasteiger partial charge in [0.2, 0.25) is 0 Å². The van der Waals surface area contributed by atoms with E-state index in [0.29, 0.717) is 13.0 Å². The maximum absolute atomic E-state index is 12.9. The topological polar surface area (TPSA) is 45.3 Å². The Labute approximate surface area is 140 Å². The van der Waals surface area contributed by atoms with Crippen LogP contribution in [0.3, 0.4) is 0 Å². The number of amides is 1. The van der Waals surface area contributed by atoms with Crippen LogP contribution in [0.25, 0.3) is 10.9 Å². The van der Waals surface area contributed by atoms with Crippen LogP contribution in [0, 0.1) is 0 Å². The number of nitrogens with one attached hydrogen (secondary N) is 1. The fourth-order valence-corrected chi connectivity index (χ4v) is 3.88. The predicted octanol–water partition coefficient (Wildman–Crippen LogP) is 3.06. The third-order valence-corrected chi connectivity index (χ3v) is 5.12. The Morgan fingerprint density at radius 3 is 2.88 bits per heavy atom.